The Labute approximate surface area is 194 Å². The van der Waals surface area contributed by atoms with Gasteiger partial charge < -0.3 is 0 Å². The van der Waals surface area contributed by atoms with Crippen LogP contribution >= 0.6 is 0 Å². The number of benzene rings is 3. The summed E-state index contributed by atoms with van der Waals surface area (Å²) in [7, 11) is -1.38. The van der Waals surface area contributed by atoms with Gasteiger partial charge in [-0.3, -0.25) is 4.98 Å². The highest BCUT2D eigenvalue weighted by molar-refractivity contribution is 6.88. The lowest BCUT2D eigenvalue weighted by molar-refractivity contribution is 0.636. The molecule has 1 heterocycles. The molecule has 0 aliphatic rings. The Kier molecular flexibility index (Phi) is 6.27. The SMILES string of the molecule is CC(C)Cc1cc(CC(C)C)cc(-c2nccc3c2ccc2ccc([Si](C)(C)C)cc23)c1. The van der Waals surface area contributed by atoms with Crippen LogP contribution in [0.1, 0.15) is 38.8 Å². The molecule has 0 spiro atoms. The van der Waals surface area contributed by atoms with E-state index in [2.05, 4.69) is 102 Å². The van der Waals surface area contributed by atoms with Crippen molar-refractivity contribution in [2.24, 2.45) is 11.8 Å². The van der Waals surface area contributed by atoms with Crippen molar-refractivity contribution in [1.82, 2.24) is 4.98 Å². The summed E-state index contributed by atoms with van der Waals surface area (Å²) >= 11 is 0. The van der Waals surface area contributed by atoms with E-state index in [-0.39, 0.29) is 0 Å². The lowest BCUT2D eigenvalue weighted by atomic mass is 9.92. The maximum Gasteiger partial charge on any atom is 0.0780 e. The van der Waals surface area contributed by atoms with E-state index in [0.29, 0.717) is 11.8 Å². The normalized spacial score (nSPS) is 12.4. The van der Waals surface area contributed by atoms with Gasteiger partial charge in [0.05, 0.1) is 13.8 Å². The highest BCUT2D eigenvalue weighted by Gasteiger charge is 2.18. The van der Waals surface area contributed by atoms with Gasteiger partial charge in [0.2, 0.25) is 0 Å². The molecule has 166 valence electrons. The molecule has 0 bridgehead atoms. The number of nitrogens with zero attached hydrogens (tertiary/aromatic N) is 1. The van der Waals surface area contributed by atoms with Crippen LogP contribution in [-0.4, -0.2) is 13.1 Å². The average molecular weight is 440 g/mol. The van der Waals surface area contributed by atoms with Crippen molar-refractivity contribution in [3.05, 3.63) is 71.9 Å². The third kappa shape index (κ3) is 4.81. The third-order valence-corrected chi connectivity index (χ3v) is 8.29. The Balaban J connectivity index is 1.93. The smallest absolute Gasteiger partial charge is 0.0780 e. The van der Waals surface area contributed by atoms with Gasteiger partial charge in [-0.15, -0.1) is 0 Å². The number of hydrogen-bond acceptors (Lipinski definition) is 1. The summed E-state index contributed by atoms with van der Waals surface area (Å²) in [6.07, 6.45) is 4.20. The molecule has 0 unspecified atom stereocenters. The van der Waals surface area contributed by atoms with E-state index >= 15 is 0 Å². The van der Waals surface area contributed by atoms with Crippen molar-refractivity contribution in [2.75, 3.05) is 0 Å². The molecule has 4 rings (SSSR count). The second-order valence-corrected chi connectivity index (χ2v) is 16.3. The van der Waals surface area contributed by atoms with Gasteiger partial charge >= 0.3 is 0 Å². The van der Waals surface area contributed by atoms with Crippen LogP contribution in [-0.2, 0) is 12.8 Å². The first-order valence-corrected chi connectivity index (χ1v) is 15.6. The summed E-state index contributed by atoms with van der Waals surface area (Å²) in [4.78, 5) is 4.90. The van der Waals surface area contributed by atoms with Gasteiger partial charge in [0.1, 0.15) is 0 Å². The van der Waals surface area contributed by atoms with Gasteiger partial charge in [-0.1, -0.05) is 88.9 Å². The van der Waals surface area contributed by atoms with E-state index in [1.807, 2.05) is 6.20 Å². The maximum absolute atomic E-state index is 4.90. The van der Waals surface area contributed by atoms with Crippen LogP contribution in [0.15, 0.2) is 60.8 Å². The summed E-state index contributed by atoms with van der Waals surface area (Å²) in [5, 5.41) is 6.74. The molecule has 4 aromatic rings. The zero-order valence-electron chi connectivity index (χ0n) is 20.8. The minimum absolute atomic E-state index is 0.640. The van der Waals surface area contributed by atoms with Crippen molar-refractivity contribution >= 4 is 34.8 Å². The van der Waals surface area contributed by atoms with E-state index in [9.17, 15) is 0 Å². The maximum atomic E-state index is 4.90. The minimum Gasteiger partial charge on any atom is -0.256 e. The van der Waals surface area contributed by atoms with Gasteiger partial charge in [-0.25, -0.2) is 0 Å². The molecular weight excluding hydrogens is 402 g/mol. The number of fused-ring (bicyclic) bond motifs is 3. The molecule has 0 saturated heterocycles. The van der Waals surface area contributed by atoms with Crippen molar-refractivity contribution in [3.8, 4) is 11.3 Å². The summed E-state index contributed by atoms with van der Waals surface area (Å²) in [6, 6.07) is 20.9. The molecular formula is C30H37NSi. The average Bonchev–Trinajstić information content (AvgIpc) is 2.71. The second kappa shape index (κ2) is 8.82. The Morgan fingerprint density at radius 2 is 1.31 bits per heavy atom. The van der Waals surface area contributed by atoms with Crippen LogP contribution in [0.5, 0.6) is 0 Å². The zero-order valence-corrected chi connectivity index (χ0v) is 21.8. The van der Waals surface area contributed by atoms with Crippen LogP contribution in [0.3, 0.4) is 0 Å². The van der Waals surface area contributed by atoms with Crippen molar-refractivity contribution in [1.29, 1.82) is 0 Å². The molecule has 1 nitrogen and oxygen atoms in total. The fraction of sp³-hybridized carbons (Fsp3) is 0.367. The number of aromatic nitrogens is 1. The fourth-order valence-corrected chi connectivity index (χ4v) is 5.92. The Hall–Kier alpha value is -2.45. The molecule has 0 fully saturated rings. The molecule has 0 radical (unpaired) electrons. The van der Waals surface area contributed by atoms with Crippen LogP contribution < -0.4 is 5.19 Å². The predicted molar refractivity (Wildman–Crippen MR) is 145 cm³/mol. The van der Waals surface area contributed by atoms with Crippen LogP contribution in [0.4, 0.5) is 0 Å². The molecule has 0 amide bonds. The van der Waals surface area contributed by atoms with Crippen molar-refractivity contribution in [3.63, 3.8) is 0 Å². The molecule has 0 N–H and O–H groups in total. The fourth-order valence-electron chi connectivity index (χ4n) is 4.76. The third-order valence-electron chi connectivity index (χ3n) is 6.24. The van der Waals surface area contributed by atoms with E-state index in [1.165, 1.54) is 43.4 Å². The zero-order chi connectivity index (χ0) is 23.0. The van der Waals surface area contributed by atoms with Gasteiger partial charge in [0.25, 0.3) is 0 Å². The molecule has 0 saturated carbocycles. The second-order valence-electron chi connectivity index (χ2n) is 11.2. The Morgan fingerprint density at radius 1 is 0.688 bits per heavy atom. The first-order valence-electron chi connectivity index (χ1n) is 12.1. The molecule has 1 aromatic heterocycles. The monoisotopic (exact) mass is 439 g/mol. The van der Waals surface area contributed by atoms with E-state index in [4.69, 9.17) is 4.98 Å². The molecule has 0 atom stereocenters. The molecule has 0 aliphatic carbocycles. The lowest BCUT2D eigenvalue weighted by Crippen LogP contribution is -2.37. The highest BCUT2D eigenvalue weighted by atomic mass is 28.3. The standard InChI is InChI=1S/C30H37NSi/c1-20(2)14-22-16-23(15-21(3)4)18-25(17-22)30-28-11-9-24-8-10-26(32(5,6)7)19-29(24)27(28)12-13-31-30/h8-13,16-21H,14-15H2,1-7H3. The summed E-state index contributed by atoms with van der Waals surface area (Å²) in [6.45, 7) is 16.5. The van der Waals surface area contributed by atoms with Gasteiger partial charge in [-0.2, -0.15) is 0 Å². The van der Waals surface area contributed by atoms with Gasteiger partial charge in [-0.05, 0) is 70.2 Å². The van der Waals surface area contributed by atoms with Gasteiger partial charge in [0.15, 0.2) is 0 Å². The number of pyridine rings is 1. The minimum atomic E-state index is -1.38. The van der Waals surface area contributed by atoms with Crippen LogP contribution in [0.2, 0.25) is 19.6 Å². The van der Waals surface area contributed by atoms with E-state index in [0.717, 1.165) is 18.5 Å². The largest absolute Gasteiger partial charge is 0.256 e. The van der Waals surface area contributed by atoms with E-state index in [1.54, 1.807) is 0 Å². The molecule has 0 aliphatic heterocycles. The first-order chi connectivity index (χ1) is 15.1. The Bertz CT molecular complexity index is 1230. The van der Waals surface area contributed by atoms with Crippen LogP contribution in [0, 0.1) is 11.8 Å². The van der Waals surface area contributed by atoms with Crippen molar-refractivity contribution < 1.29 is 0 Å². The van der Waals surface area contributed by atoms with Gasteiger partial charge in [0, 0.05) is 17.1 Å². The van der Waals surface area contributed by atoms with Crippen LogP contribution in [0.25, 0.3) is 32.8 Å². The lowest BCUT2D eigenvalue weighted by Gasteiger charge is -2.18. The predicted octanol–water partition coefficient (Wildman–Crippen LogP) is 8.00. The number of rotatable bonds is 6. The quantitative estimate of drug-likeness (QED) is 0.219. The highest BCUT2D eigenvalue weighted by Crippen LogP contribution is 2.33. The Morgan fingerprint density at radius 3 is 1.91 bits per heavy atom. The first kappa shape index (κ1) is 22.7. The molecule has 32 heavy (non-hydrogen) atoms. The number of hydrogen-bond donors (Lipinski definition) is 0. The topological polar surface area (TPSA) is 12.9 Å². The van der Waals surface area contributed by atoms with Crippen molar-refractivity contribution in [2.45, 2.75) is 60.2 Å². The summed E-state index contributed by atoms with van der Waals surface area (Å²) in [5.74, 6) is 1.28. The molecule has 3 aromatic carbocycles. The summed E-state index contributed by atoms with van der Waals surface area (Å²) in [5.41, 5.74) is 5.21. The molecule has 2 heteroatoms. The summed E-state index contributed by atoms with van der Waals surface area (Å²) < 4.78 is 0. The van der Waals surface area contributed by atoms with E-state index < -0.39 is 8.07 Å².